The predicted octanol–water partition coefficient (Wildman–Crippen LogP) is 1.34. The van der Waals surface area contributed by atoms with Gasteiger partial charge in [-0.15, -0.1) is 0 Å². The molecule has 0 atom stereocenters. The zero-order valence-corrected chi connectivity index (χ0v) is 15.8. The topological polar surface area (TPSA) is 93.5 Å². The lowest BCUT2D eigenvalue weighted by Crippen LogP contribution is -2.60. The number of aryl methyl sites for hydroxylation is 2. The van der Waals surface area contributed by atoms with Crippen molar-refractivity contribution in [3.05, 3.63) is 47.3 Å². The Morgan fingerprint density at radius 2 is 1.92 bits per heavy atom. The molecular formula is C17H22N4O4S. The van der Waals surface area contributed by atoms with Crippen molar-refractivity contribution >= 4 is 16.1 Å². The van der Waals surface area contributed by atoms with Crippen LogP contribution in [0.5, 0.6) is 0 Å². The van der Waals surface area contributed by atoms with E-state index in [0.29, 0.717) is 11.4 Å². The standard InChI is InChI=1S/C17H22N4O4S/c1-12-16(13(2)20(3)19-12)26(23,24)21-9-15(10-21)18-17(22)25-11-14-7-5-4-6-8-14/h4-8,15H,9-11H2,1-3H3,(H,18,22). The highest BCUT2D eigenvalue weighted by atomic mass is 32.2. The smallest absolute Gasteiger partial charge is 0.407 e. The quantitative estimate of drug-likeness (QED) is 0.847. The number of carbonyl (C=O) groups excluding carboxylic acids is 1. The van der Waals surface area contributed by atoms with E-state index in [0.717, 1.165) is 5.56 Å². The molecule has 9 heteroatoms. The summed E-state index contributed by atoms with van der Waals surface area (Å²) in [6, 6.07) is 9.10. The first-order valence-corrected chi connectivity index (χ1v) is 9.70. The van der Waals surface area contributed by atoms with Crippen molar-refractivity contribution in [1.82, 2.24) is 19.4 Å². The maximum Gasteiger partial charge on any atom is 0.407 e. The lowest BCUT2D eigenvalue weighted by Gasteiger charge is -2.38. The Balaban J connectivity index is 1.53. The summed E-state index contributed by atoms with van der Waals surface area (Å²) in [6.45, 7) is 4.02. The molecule has 1 aromatic carbocycles. The molecule has 0 spiro atoms. The third-order valence-electron chi connectivity index (χ3n) is 4.42. The van der Waals surface area contributed by atoms with E-state index in [2.05, 4.69) is 10.4 Å². The monoisotopic (exact) mass is 378 g/mol. The number of nitrogens with one attached hydrogen (secondary N) is 1. The summed E-state index contributed by atoms with van der Waals surface area (Å²) >= 11 is 0. The Bertz CT molecular complexity index is 902. The molecule has 2 heterocycles. The van der Waals surface area contributed by atoms with E-state index >= 15 is 0 Å². The molecule has 1 saturated heterocycles. The number of aromatic nitrogens is 2. The third kappa shape index (κ3) is 3.58. The minimum Gasteiger partial charge on any atom is -0.445 e. The highest BCUT2D eigenvalue weighted by Crippen LogP contribution is 2.26. The molecule has 1 amide bonds. The van der Waals surface area contributed by atoms with Crippen molar-refractivity contribution in [2.75, 3.05) is 13.1 Å². The van der Waals surface area contributed by atoms with E-state index in [1.165, 1.54) is 4.31 Å². The molecule has 1 N–H and O–H groups in total. The number of ether oxygens (including phenoxy) is 1. The maximum absolute atomic E-state index is 12.7. The van der Waals surface area contributed by atoms with Crippen molar-refractivity contribution in [2.24, 2.45) is 7.05 Å². The number of hydrogen-bond acceptors (Lipinski definition) is 5. The zero-order chi connectivity index (χ0) is 18.9. The van der Waals surface area contributed by atoms with Gasteiger partial charge in [-0.25, -0.2) is 13.2 Å². The van der Waals surface area contributed by atoms with Gasteiger partial charge in [0.2, 0.25) is 10.0 Å². The van der Waals surface area contributed by atoms with Gasteiger partial charge in [0.05, 0.1) is 17.4 Å². The minimum absolute atomic E-state index is 0.176. The lowest BCUT2D eigenvalue weighted by atomic mass is 10.2. The Morgan fingerprint density at radius 3 is 2.50 bits per heavy atom. The van der Waals surface area contributed by atoms with Crippen LogP contribution >= 0.6 is 0 Å². The summed E-state index contributed by atoms with van der Waals surface area (Å²) in [7, 11) is -1.90. The van der Waals surface area contributed by atoms with Gasteiger partial charge in [-0.3, -0.25) is 4.68 Å². The first-order valence-electron chi connectivity index (χ1n) is 8.26. The van der Waals surface area contributed by atoms with E-state index in [-0.39, 0.29) is 30.6 Å². The largest absolute Gasteiger partial charge is 0.445 e. The number of alkyl carbamates (subject to hydrolysis) is 1. The number of amides is 1. The molecular weight excluding hydrogens is 356 g/mol. The molecule has 0 saturated carbocycles. The van der Waals surface area contributed by atoms with Crippen LogP contribution in [0, 0.1) is 13.8 Å². The van der Waals surface area contributed by atoms with Gasteiger partial charge < -0.3 is 10.1 Å². The number of benzene rings is 1. The van der Waals surface area contributed by atoms with Crippen molar-refractivity contribution in [3.63, 3.8) is 0 Å². The summed E-state index contributed by atoms with van der Waals surface area (Å²) in [5, 5.41) is 6.85. The second-order valence-electron chi connectivity index (χ2n) is 6.35. The van der Waals surface area contributed by atoms with E-state index in [1.807, 2.05) is 30.3 Å². The molecule has 8 nitrogen and oxygen atoms in total. The summed E-state index contributed by atoms with van der Waals surface area (Å²) in [5.41, 5.74) is 1.97. The summed E-state index contributed by atoms with van der Waals surface area (Å²) in [5.74, 6) is 0. The average Bonchev–Trinajstić information content (AvgIpc) is 2.82. The van der Waals surface area contributed by atoms with Crippen molar-refractivity contribution < 1.29 is 17.9 Å². The molecule has 0 bridgehead atoms. The average molecular weight is 378 g/mol. The van der Waals surface area contributed by atoms with Crippen molar-refractivity contribution in [3.8, 4) is 0 Å². The van der Waals surface area contributed by atoms with E-state index < -0.39 is 16.1 Å². The van der Waals surface area contributed by atoms with E-state index in [1.54, 1.807) is 25.6 Å². The second-order valence-corrected chi connectivity index (χ2v) is 8.22. The van der Waals surface area contributed by atoms with Gasteiger partial charge in [0.15, 0.2) is 0 Å². The number of sulfonamides is 1. The Morgan fingerprint density at radius 1 is 1.27 bits per heavy atom. The molecule has 26 heavy (non-hydrogen) atoms. The number of hydrogen-bond donors (Lipinski definition) is 1. The van der Waals surface area contributed by atoms with Crippen LogP contribution in [-0.4, -0.2) is 47.7 Å². The van der Waals surface area contributed by atoms with Gasteiger partial charge in [0.25, 0.3) is 0 Å². The number of nitrogens with zero attached hydrogens (tertiary/aromatic N) is 3. The van der Waals surface area contributed by atoms with Crippen molar-refractivity contribution in [1.29, 1.82) is 0 Å². The van der Waals surface area contributed by atoms with Gasteiger partial charge in [-0.2, -0.15) is 9.40 Å². The Kier molecular flexibility index (Phi) is 5.01. The summed E-state index contributed by atoms with van der Waals surface area (Å²) in [4.78, 5) is 12.1. The molecule has 140 valence electrons. The van der Waals surface area contributed by atoms with E-state index in [4.69, 9.17) is 4.74 Å². The fourth-order valence-corrected chi connectivity index (χ4v) is 4.84. The molecule has 1 aliphatic heterocycles. The predicted molar refractivity (Wildman–Crippen MR) is 95.0 cm³/mol. The first kappa shape index (κ1) is 18.4. The normalized spacial score (nSPS) is 15.5. The van der Waals surface area contributed by atoms with Crippen LogP contribution in [0.3, 0.4) is 0 Å². The Hall–Kier alpha value is -2.39. The highest BCUT2D eigenvalue weighted by molar-refractivity contribution is 7.89. The molecule has 1 aliphatic rings. The van der Waals surface area contributed by atoms with Gasteiger partial charge in [-0.05, 0) is 19.4 Å². The zero-order valence-electron chi connectivity index (χ0n) is 15.0. The van der Waals surface area contributed by atoms with Crippen molar-refractivity contribution in [2.45, 2.75) is 31.4 Å². The molecule has 0 unspecified atom stereocenters. The molecule has 1 aromatic heterocycles. The SMILES string of the molecule is Cc1nn(C)c(C)c1S(=O)(=O)N1CC(NC(=O)OCc2ccccc2)C1. The second kappa shape index (κ2) is 7.08. The maximum atomic E-state index is 12.7. The van der Waals surface area contributed by atoms with Gasteiger partial charge in [-0.1, -0.05) is 30.3 Å². The van der Waals surface area contributed by atoms with Crippen LogP contribution in [-0.2, 0) is 28.4 Å². The minimum atomic E-state index is -3.61. The van der Waals surface area contributed by atoms with Gasteiger partial charge >= 0.3 is 6.09 Å². The van der Waals surface area contributed by atoms with Crippen LogP contribution in [0.1, 0.15) is 17.0 Å². The molecule has 3 rings (SSSR count). The van der Waals surface area contributed by atoms with Crippen LogP contribution in [0.4, 0.5) is 4.79 Å². The highest BCUT2D eigenvalue weighted by Gasteiger charge is 2.40. The molecule has 2 aromatic rings. The molecule has 0 aliphatic carbocycles. The fraction of sp³-hybridized carbons (Fsp3) is 0.412. The van der Waals surface area contributed by atoms with Crippen LogP contribution in [0.25, 0.3) is 0 Å². The van der Waals surface area contributed by atoms with Crippen LogP contribution < -0.4 is 5.32 Å². The third-order valence-corrected chi connectivity index (χ3v) is 6.51. The summed E-state index contributed by atoms with van der Waals surface area (Å²) < 4.78 is 33.5. The van der Waals surface area contributed by atoms with Gasteiger partial charge in [0.1, 0.15) is 11.5 Å². The first-order chi connectivity index (χ1) is 12.3. The number of rotatable bonds is 5. The molecule has 0 radical (unpaired) electrons. The Labute approximate surface area is 152 Å². The molecule has 1 fully saturated rings. The summed E-state index contributed by atoms with van der Waals surface area (Å²) in [6.07, 6.45) is -0.551. The lowest BCUT2D eigenvalue weighted by molar-refractivity contribution is 0.123. The van der Waals surface area contributed by atoms with Crippen LogP contribution in [0.2, 0.25) is 0 Å². The fourth-order valence-electron chi connectivity index (χ4n) is 2.91. The van der Waals surface area contributed by atoms with E-state index in [9.17, 15) is 13.2 Å². The number of carbonyl (C=O) groups is 1. The van der Waals surface area contributed by atoms with Crippen LogP contribution in [0.15, 0.2) is 35.2 Å². The van der Waals surface area contributed by atoms with Gasteiger partial charge in [0, 0.05) is 20.1 Å².